The molecule has 1 atom stereocenters. The van der Waals surface area contributed by atoms with Crippen LogP contribution in [0.3, 0.4) is 0 Å². The van der Waals surface area contributed by atoms with E-state index in [1.54, 1.807) is 0 Å². The van der Waals surface area contributed by atoms with Gasteiger partial charge in [0.25, 0.3) is 0 Å². The molecule has 0 saturated heterocycles. The van der Waals surface area contributed by atoms with Gasteiger partial charge in [-0.3, -0.25) is 4.57 Å². The Hall–Kier alpha value is -2.66. The molecule has 1 N–H and O–H groups in total. The van der Waals surface area contributed by atoms with E-state index in [0.717, 1.165) is 33.7 Å². The van der Waals surface area contributed by atoms with Gasteiger partial charge in [0, 0.05) is 10.6 Å². The normalized spacial score (nSPS) is 13.4. The van der Waals surface area contributed by atoms with Crippen LogP contribution in [0.1, 0.15) is 36.5 Å². The van der Waals surface area contributed by atoms with Gasteiger partial charge < -0.3 is 0 Å². The predicted octanol–water partition coefficient (Wildman–Crippen LogP) is 5.34. The largest absolute Gasteiger partial charge is 0.296 e. The lowest BCUT2D eigenvalue weighted by Crippen LogP contribution is -2.44. The van der Waals surface area contributed by atoms with Crippen LogP contribution >= 0.6 is 7.29 Å². The summed E-state index contributed by atoms with van der Waals surface area (Å²) < 4.78 is 14.8. The quantitative estimate of drug-likeness (QED) is 0.543. The van der Waals surface area contributed by atoms with Gasteiger partial charge in [-0.05, 0) is 49.1 Å². The Balaban J connectivity index is 2.27. The van der Waals surface area contributed by atoms with Gasteiger partial charge in [-0.25, -0.2) is 5.09 Å². The van der Waals surface area contributed by atoms with Gasteiger partial charge in [0.15, 0.2) is 0 Å². The van der Waals surface area contributed by atoms with Crippen LogP contribution in [-0.4, -0.2) is 0 Å². The van der Waals surface area contributed by atoms with E-state index in [4.69, 9.17) is 0 Å². The van der Waals surface area contributed by atoms with Crippen LogP contribution in [0.25, 0.3) is 0 Å². The molecule has 0 saturated carbocycles. The SMILES string of the molecule is CCC[C@@](C#N)(NP(=O)(c1ccccc1C)c1ccccc1C)c1ccccc1. The van der Waals surface area contributed by atoms with Crippen molar-refractivity contribution in [3.8, 4) is 6.07 Å². The fourth-order valence-electron chi connectivity index (χ4n) is 3.86. The van der Waals surface area contributed by atoms with Crippen LogP contribution in [-0.2, 0) is 10.1 Å². The molecule has 29 heavy (non-hydrogen) atoms. The summed E-state index contributed by atoms with van der Waals surface area (Å²) in [6.07, 6.45) is 1.35. The highest BCUT2D eigenvalue weighted by Gasteiger charge is 2.41. The average Bonchev–Trinajstić information content (AvgIpc) is 2.74. The summed E-state index contributed by atoms with van der Waals surface area (Å²) in [7, 11) is -3.31. The minimum absolute atomic E-state index is 0.565. The fraction of sp³-hybridized carbons (Fsp3) is 0.240. The van der Waals surface area contributed by atoms with E-state index in [2.05, 4.69) is 11.2 Å². The lowest BCUT2D eigenvalue weighted by molar-refractivity contribution is 0.460. The van der Waals surface area contributed by atoms with Crippen LogP contribution < -0.4 is 15.7 Å². The number of hydrogen-bond acceptors (Lipinski definition) is 2. The number of benzene rings is 3. The first-order chi connectivity index (χ1) is 14.0. The molecular formula is C25H27N2OP. The number of rotatable bonds is 7. The van der Waals surface area contributed by atoms with Gasteiger partial charge in [0.05, 0.1) is 6.07 Å². The van der Waals surface area contributed by atoms with Crippen LogP contribution in [0.5, 0.6) is 0 Å². The molecule has 3 aromatic rings. The lowest BCUT2D eigenvalue weighted by atomic mass is 9.88. The Bertz CT molecular complexity index is 1020. The summed E-state index contributed by atoms with van der Waals surface area (Å²) in [5, 5.41) is 15.2. The van der Waals surface area contributed by atoms with E-state index in [1.807, 2.05) is 99.6 Å². The van der Waals surface area contributed by atoms with Gasteiger partial charge in [-0.15, -0.1) is 0 Å². The third-order valence-electron chi connectivity index (χ3n) is 5.34. The summed E-state index contributed by atoms with van der Waals surface area (Å²) in [5.74, 6) is 0. The highest BCUT2D eigenvalue weighted by Crippen LogP contribution is 2.46. The topological polar surface area (TPSA) is 52.9 Å². The molecule has 0 aliphatic rings. The molecule has 0 aromatic heterocycles. The minimum Gasteiger partial charge on any atom is -0.296 e. The van der Waals surface area contributed by atoms with Crippen molar-refractivity contribution in [3.63, 3.8) is 0 Å². The number of hydrogen-bond donors (Lipinski definition) is 1. The molecule has 0 heterocycles. The second-order valence-corrected chi connectivity index (χ2v) is 9.83. The zero-order valence-corrected chi connectivity index (χ0v) is 18.1. The summed E-state index contributed by atoms with van der Waals surface area (Å²) in [5.41, 5.74) is 1.69. The molecule has 0 aliphatic carbocycles. The summed E-state index contributed by atoms with van der Waals surface area (Å²) in [4.78, 5) is 0. The van der Waals surface area contributed by atoms with Crippen molar-refractivity contribution in [3.05, 3.63) is 95.6 Å². The van der Waals surface area contributed by atoms with Crippen molar-refractivity contribution in [2.24, 2.45) is 0 Å². The summed E-state index contributed by atoms with van der Waals surface area (Å²) >= 11 is 0. The molecule has 0 aliphatic heterocycles. The third-order valence-corrected chi connectivity index (χ3v) is 8.40. The highest BCUT2D eigenvalue weighted by molar-refractivity contribution is 7.77. The van der Waals surface area contributed by atoms with E-state index >= 15 is 0 Å². The molecule has 148 valence electrons. The van der Waals surface area contributed by atoms with Crippen molar-refractivity contribution >= 4 is 17.9 Å². The minimum atomic E-state index is -3.31. The maximum absolute atomic E-state index is 14.8. The lowest BCUT2D eigenvalue weighted by Gasteiger charge is -2.34. The molecule has 0 unspecified atom stereocenters. The number of nitrogens with one attached hydrogen (secondary N) is 1. The van der Waals surface area contributed by atoms with E-state index in [1.165, 1.54) is 0 Å². The molecule has 3 nitrogen and oxygen atoms in total. The van der Waals surface area contributed by atoms with Gasteiger partial charge in [-0.1, -0.05) is 80.1 Å². The molecule has 0 fully saturated rings. The molecular weight excluding hydrogens is 375 g/mol. The van der Waals surface area contributed by atoms with Crippen molar-refractivity contribution in [2.45, 2.75) is 39.2 Å². The summed E-state index contributed by atoms with van der Waals surface area (Å²) in [6, 6.07) is 27.6. The van der Waals surface area contributed by atoms with Gasteiger partial charge in [0.2, 0.25) is 7.29 Å². The Morgan fingerprint density at radius 3 is 1.79 bits per heavy atom. The Morgan fingerprint density at radius 1 is 0.862 bits per heavy atom. The van der Waals surface area contributed by atoms with Crippen LogP contribution in [0.4, 0.5) is 0 Å². The molecule has 0 bridgehead atoms. The van der Waals surface area contributed by atoms with Gasteiger partial charge >= 0.3 is 0 Å². The maximum Gasteiger partial charge on any atom is 0.206 e. The van der Waals surface area contributed by atoms with E-state index < -0.39 is 12.8 Å². The molecule has 0 amide bonds. The molecule has 4 heteroatoms. The molecule has 3 rings (SSSR count). The van der Waals surface area contributed by atoms with Crippen LogP contribution in [0.2, 0.25) is 0 Å². The number of nitrogens with zero attached hydrogens (tertiary/aromatic N) is 1. The first kappa shape index (κ1) is 21.1. The van der Waals surface area contributed by atoms with Crippen LogP contribution in [0.15, 0.2) is 78.9 Å². The second-order valence-electron chi connectivity index (χ2n) is 7.43. The van der Waals surface area contributed by atoms with Crippen molar-refractivity contribution < 1.29 is 4.57 Å². The Kier molecular flexibility index (Phi) is 6.38. The monoisotopic (exact) mass is 402 g/mol. The average molecular weight is 402 g/mol. The molecule has 0 spiro atoms. The first-order valence-corrected chi connectivity index (χ1v) is 11.7. The number of nitriles is 1. The first-order valence-electron chi connectivity index (χ1n) is 9.95. The Morgan fingerprint density at radius 2 is 1.34 bits per heavy atom. The highest BCUT2D eigenvalue weighted by atomic mass is 31.2. The molecule has 0 radical (unpaired) electrons. The van der Waals surface area contributed by atoms with E-state index in [0.29, 0.717) is 6.42 Å². The smallest absolute Gasteiger partial charge is 0.206 e. The van der Waals surface area contributed by atoms with Crippen molar-refractivity contribution in [1.29, 1.82) is 5.26 Å². The Labute approximate surface area is 173 Å². The zero-order chi connectivity index (χ0) is 20.9. The van der Waals surface area contributed by atoms with Gasteiger partial charge in [-0.2, -0.15) is 5.26 Å². The predicted molar refractivity (Wildman–Crippen MR) is 121 cm³/mol. The zero-order valence-electron chi connectivity index (χ0n) is 17.2. The maximum atomic E-state index is 14.8. The van der Waals surface area contributed by atoms with Gasteiger partial charge in [0.1, 0.15) is 5.54 Å². The third kappa shape index (κ3) is 4.06. The van der Waals surface area contributed by atoms with Crippen LogP contribution in [0, 0.1) is 25.2 Å². The molecule has 3 aromatic carbocycles. The summed E-state index contributed by atoms with van der Waals surface area (Å²) in [6.45, 7) is 5.99. The van der Waals surface area contributed by atoms with Crippen molar-refractivity contribution in [1.82, 2.24) is 5.09 Å². The number of aryl methyl sites for hydroxylation is 2. The standard InChI is InChI=1S/C25H27N2OP/c1-4-18-25(19-26,22-14-6-5-7-15-22)27-29(28,23-16-10-8-12-20(23)2)24-17-11-9-13-21(24)3/h5-17H,4,18H2,1-3H3,(H,27,28)/t25-/m0/s1. The van der Waals surface area contributed by atoms with Crippen molar-refractivity contribution in [2.75, 3.05) is 0 Å². The second kappa shape index (κ2) is 8.78. The van der Waals surface area contributed by atoms with E-state index in [9.17, 15) is 9.83 Å². The van der Waals surface area contributed by atoms with E-state index in [-0.39, 0.29) is 0 Å². The fourth-order valence-corrected chi connectivity index (χ4v) is 6.92.